The van der Waals surface area contributed by atoms with Crippen LogP contribution in [0.1, 0.15) is 104 Å². The van der Waals surface area contributed by atoms with Gasteiger partial charge in [-0.1, -0.05) is 84.0 Å². The molecule has 0 bridgehead atoms. The van der Waals surface area contributed by atoms with E-state index in [9.17, 15) is 18.3 Å². The number of aliphatic hydroxyl groups excluding tert-OH is 1. The molecule has 2 N–H and O–H groups in total. The number of likely N-dealkylation sites (N-methyl/N-ethyl adjacent to an activating group) is 1. The van der Waals surface area contributed by atoms with Crippen molar-refractivity contribution in [3.05, 3.63) is 0 Å². The zero-order valence-electron chi connectivity index (χ0n) is 18.6. The summed E-state index contributed by atoms with van der Waals surface area (Å²) in [5.74, 6) is -0.159. The van der Waals surface area contributed by atoms with Crippen molar-refractivity contribution in [3.8, 4) is 0 Å². The van der Waals surface area contributed by atoms with Gasteiger partial charge in [0.05, 0.1) is 19.6 Å². The molecule has 0 aliphatic carbocycles. The van der Waals surface area contributed by atoms with Gasteiger partial charge in [0.15, 0.2) is 0 Å². The molecule has 29 heavy (non-hydrogen) atoms. The third-order valence-corrected chi connectivity index (χ3v) is 6.01. The van der Waals surface area contributed by atoms with Gasteiger partial charge >= 0.3 is 16.3 Å². The van der Waals surface area contributed by atoms with Crippen LogP contribution in [-0.4, -0.2) is 54.9 Å². The van der Waals surface area contributed by atoms with Gasteiger partial charge in [-0.15, -0.1) is 0 Å². The summed E-state index contributed by atoms with van der Waals surface area (Å²) in [4.78, 5) is 12.6. The molecule has 0 aliphatic heterocycles. The number of carbonyl (C=O) groups is 1. The SMILES string of the molecule is CCCCCCCCCCCCCCCC(=O)[N+](CC)(CCO)COS(=O)(=O)O. The second kappa shape index (κ2) is 17.2. The van der Waals surface area contributed by atoms with Crippen molar-refractivity contribution in [2.45, 2.75) is 104 Å². The Morgan fingerprint density at radius 3 is 1.66 bits per heavy atom. The van der Waals surface area contributed by atoms with Crippen LogP contribution in [0.25, 0.3) is 0 Å². The van der Waals surface area contributed by atoms with E-state index >= 15 is 0 Å². The normalized spacial score (nSPS) is 14.1. The van der Waals surface area contributed by atoms with Gasteiger partial charge in [-0.25, -0.2) is 9.28 Å². The molecular formula is C21H44NO6S+. The van der Waals surface area contributed by atoms with Gasteiger partial charge in [-0.05, 0) is 13.3 Å². The predicted molar refractivity (Wildman–Crippen MR) is 116 cm³/mol. The highest BCUT2D eigenvalue weighted by Gasteiger charge is 2.35. The lowest BCUT2D eigenvalue weighted by Gasteiger charge is -2.33. The molecule has 1 amide bonds. The van der Waals surface area contributed by atoms with Crippen LogP contribution in [0.2, 0.25) is 0 Å². The van der Waals surface area contributed by atoms with Crippen molar-refractivity contribution in [2.75, 3.05) is 26.4 Å². The predicted octanol–water partition coefficient (Wildman–Crippen LogP) is 4.60. The van der Waals surface area contributed by atoms with Crippen LogP contribution in [0.4, 0.5) is 0 Å². The summed E-state index contributed by atoms with van der Waals surface area (Å²) < 4.78 is 34.7. The molecule has 0 spiro atoms. The molecule has 174 valence electrons. The summed E-state index contributed by atoms with van der Waals surface area (Å²) >= 11 is 0. The standard InChI is InChI=1S/C21H43NO6S/c1-3-5-6-7-8-9-10-11-12-13-14-15-16-17-21(24)22(4-2,18-19-23)20-28-29(25,26)27/h23H,3-20H2,1-2H3/p+1. The molecule has 0 rings (SSSR count). The maximum Gasteiger partial charge on any atom is 0.401 e. The molecule has 0 aromatic rings. The lowest BCUT2D eigenvalue weighted by atomic mass is 10.0. The highest BCUT2D eigenvalue weighted by atomic mass is 32.3. The Labute approximate surface area is 178 Å². The van der Waals surface area contributed by atoms with E-state index in [1.165, 1.54) is 64.2 Å². The number of hydrogen-bond acceptors (Lipinski definition) is 5. The lowest BCUT2D eigenvalue weighted by Crippen LogP contribution is -2.55. The number of quaternary nitrogens is 1. The number of unbranched alkanes of at least 4 members (excludes halogenated alkanes) is 12. The van der Waals surface area contributed by atoms with E-state index in [1.54, 1.807) is 6.92 Å². The summed E-state index contributed by atoms with van der Waals surface area (Å²) in [6.07, 6.45) is 16.2. The van der Waals surface area contributed by atoms with Crippen molar-refractivity contribution in [1.82, 2.24) is 0 Å². The van der Waals surface area contributed by atoms with Crippen LogP contribution in [0, 0.1) is 0 Å². The molecule has 1 unspecified atom stereocenters. The molecule has 7 nitrogen and oxygen atoms in total. The van der Waals surface area contributed by atoms with E-state index in [1.807, 2.05) is 0 Å². The van der Waals surface area contributed by atoms with E-state index in [4.69, 9.17) is 4.55 Å². The Morgan fingerprint density at radius 2 is 1.28 bits per heavy atom. The molecule has 0 fully saturated rings. The van der Waals surface area contributed by atoms with E-state index in [0.29, 0.717) is 13.0 Å². The maximum atomic E-state index is 12.6. The number of aliphatic hydroxyl groups is 1. The summed E-state index contributed by atoms with van der Waals surface area (Å²) in [6.45, 7) is 3.62. The Balaban J connectivity index is 3.93. The van der Waals surface area contributed by atoms with Crippen LogP contribution >= 0.6 is 0 Å². The molecule has 0 aromatic carbocycles. The highest BCUT2D eigenvalue weighted by molar-refractivity contribution is 7.80. The fourth-order valence-electron chi connectivity index (χ4n) is 3.58. The first-order valence-corrected chi connectivity index (χ1v) is 12.8. The van der Waals surface area contributed by atoms with Crippen molar-refractivity contribution < 1.29 is 31.5 Å². The summed E-state index contributed by atoms with van der Waals surface area (Å²) in [5, 5.41) is 9.26. The molecule has 0 saturated heterocycles. The molecule has 0 saturated carbocycles. The fourth-order valence-corrected chi connectivity index (χ4v) is 3.91. The average Bonchev–Trinajstić information content (AvgIpc) is 2.68. The molecular weight excluding hydrogens is 394 g/mol. The molecule has 8 heteroatoms. The van der Waals surface area contributed by atoms with Crippen molar-refractivity contribution in [3.63, 3.8) is 0 Å². The van der Waals surface area contributed by atoms with E-state index in [0.717, 1.165) is 19.3 Å². The quantitative estimate of drug-likeness (QED) is 0.125. The molecule has 0 aliphatic rings. The van der Waals surface area contributed by atoms with Gasteiger partial charge in [-0.2, -0.15) is 12.6 Å². The van der Waals surface area contributed by atoms with E-state index in [2.05, 4.69) is 11.1 Å². The average molecular weight is 439 g/mol. The van der Waals surface area contributed by atoms with Crippen molar-refractivity contribution in [2.24, 2.45) is 0 Å². The van der Waals surface area contributed by atoms with Gasteiger partial charge in [0, 0.05) is 0 Å². The van der Waals surface area contributed by atoms with E-state index in [-0.39, 0.29) is 23.5 Å². The first-order valence-electron chi connectivity index (χ1n) is 11.4. The Morgan fingerprint density at radius 1 is 0.828 bits per heavy atom. The third-order valence-electron chi connectivity index (χ3n) is 5.61. The molecule has 0 radical (unpaired) electrons. The lowest BCUT2D eigenvalue weighted by molar-refractivity contribution is -0.869. The van der Waals surface area contributed by atoms with Gasteiger partial charge in [-0.3, -0.25) is 4.55 Å². The Bertz CT molecular complexity index is 511. The van der Waals surface area contributed by atoms with Crippen molar-refractivity contribution in [1.29, 1.82) is 0 Å². The number of hydrogen-bond donors (Lipinski definition) is 2. The second-order valence-electron chi connectivity index (χ2n) is 7.97. The zero-order valence-corrected chi connectivity index (χ0v) is 19.4. The van der Waals surface area contributed by atoms with Crippen LogP contribution in [0.15, 0.2) is 0 Å². The molecule has 0 aromatic heterocycles. The topological polar surface area (TPSA) is 101 Å². The van der Waals surface area contributed by atoms with Crippen LogP contribution in [0.3, 0.4) is 0 Å². The number of nitrogens with zero attached hydrogens (tertiary/aromatic N) is 1. The van der Waals surface area contributed by atoms with E-state index < -0.39 is 17.1 Å². The Kier molecular flexibility index (Phi) is 16.9. The second-order valence-corrected chi connectivity index (χ2v) is 9.06. The van der Waals surface area contributed by atoms with Crippen LogP contribution < -0.4 is 0 Å². The molecule has 0 heterocycles. The third kappa shape index (κ3) is 15.0. The smallest absolute Gasteiger partial charge is 0.390 e. The minimum absolute atomic E-state index is 0.0727. The summed E-state index contributed by atoms with van der Waals surface area (Å²) in [6, 6.07) is 0. The Hall–Kier alpha value is -0.540. The highest BCUT2D eigenvalue weighted by Crippen LogP contribution is 2.16. The first kappa shape index (κ1) is 28.5. The monoisotopic (exact) mass is 438 g/mol. The zero-order chi connectivity index (χ0) is 22.0. The van der Waals surface area contributed by atoms with Crippen LogP contribution in [0.5, 0.6) is 0 Å². The van der Waals surface area contributed by atoms with Gasteiger partial charge < -0.3 is 5.11 Å². The summed E-state index contributed by atoms with van der Waals surface area (Å²) in [7, 11) is -4.62. The molecule has 1 atom stereocenters. The number of carbonyl (C=O) groups excluding carboxylic acids is 1. The van der Waals surface area contributed by atoms with Crippen LogP contribution in [-0.2, 0) is 19.4 Å². The summed E-state index contributed by atoms with van der Waals surface area (Å²) in [5.41, 5.74) is 0. The fraction of sp³-hybridized carbons (Fsp3) is 0.952. The minimum Gasteiger partial charge on any atom is -0.390 e. The van der Waals surface area contributed by atoms with Gasteiger partial charge in [0.1, 0.15) is 6.54 Å². The van der Waals surface area contributed by atoms with Gasteiger partial charge in [0.25, 0.3) is 0 Å². The van der Waals surface area contributed by atoms with Crippen molar-refractivity contribution >= 4 is 16.3 Å². The maximum absolute atomic E-state index is 12.6. The number of amides is 1. The first-order chi connectivity index (χ1) is 13.8. The number of rotatable bonds is 20. The van der Waals surface area contributed by atoms with Gasteiger partial charge in [0.2, 0.25) is 6.73 Å². The largest absolute Gasteiger partial charge is 0.401 e. The minimum atomic E-state index is -4.62.